The minimum atomic E-state index is -0.509. The lowest BCUT2D eigenvalue weighted by atomic mass is 9.85. The van der Waals surface area contributed by atoms with Gasteiger partial charge in [0.15, 0.2) is 5.79 Å². The number of unbranched alkanes of at least 4 members (excludes halogenated alkanes) is 5. The second kappa shape index (κ2) is 15.1. The molecule has 1 aliphatic carbocycles. The number of aliphatic hydroxyl groups excluding tert-OH is 2. The molecule has 0 radical (unpaired) electrons. The van der Waals surface area contributed by atoms with Gasteiger partial charge in [-0.25, -0.2) is 0 Å². The maximum absolute atomic E-state index is 11.6. The van der Waals surface area contributed by atoms with Gasteiger partial charge in [-0.3, -0.25) is 4.79 Å². The molecular weight excluding hydrogens is 420 g/mol. The third kappa shape index (κ3) is 10.1. The molecule has 1 saturated heterocycles. The van der Waals surface area contributed by atoms with Gasteiger partial charge in [0.2, 0.25) is 0 Å². The van der Waals surface area contributed by atoms with Crippen LogP contribution in [0.5, 0.6) is 0 Å². The predicted octanol–water partition coefficient (Wildman–Crippen LogP) is 5.30. The van der Waals surface area contributed by atoms with E-state index in [1.54, 1.807) is 0 Å². The molecule has 2 aliphatic rings. The van der Waals surface area contributed by atoms with Crippen LogP contribution in [0, 0.1) is 11.8 Å². The number of ether oxygens (including phenoxy) is 3. The first-order valence-electron chi connectivity index (χ1n) is 13.4. The first kappa shape index (κ1) is 28.3. The molecule has 1 heterocycles. The lowest BCUT2D eigenvalue weighted by Crippen LogP contribution is -2.33. The van der Waals surface area contributed by atoms with Crippen molar-refractivity contribution in [3.05, 3.63) is 12.2 Å². The molecule has 0 amide bonds. The predicted molar refractivity (Wildman–Crippen MR) is 130 cm³/mol. The van der Waals surface area contributed by atoms with Gasteiger partial charge in [-0.15, -0.1) is 0 Å². The van der Waals surface area contributed by atoms with Crippen LogP contribution in [0.1, 0.15) is 104 Å². The number of aliphatic hydroxyl groups is 2. The fraction of sp³-hybridized carbons (Fsp3) is 0.889. The van der Waals surface area contributed by atoms with Crippen LogP contribution >= 0.6 is 0 Å². The summed E-state index contributed by atoms with van der Waals surface area (Å²) in [5, 5.41) is 21.2. The Morgan fingerprint density at radius 3 is 2.39 bits per heavy atom. The molecule has 1 aliphatic heterocycles. The average Bonchev–Trinajstić information content (AvgIpc) is 3.33. The molecule has 192 valence electrons. The summed E-state index contributed by atoms with van der Waals surface area (Å²) >= 11 is 0. The molecule has 0 aromatic rings. The van der Waals surface area contributed by atoms with Crippen LogP contribution in [-0.4, -0.2) is 53.5 Å². The van der Waals surface area contributed by atoms with Crippen LogP contribution in [0.25, 0.3) is 0 Å². The van der Waals surface area contributed by atoms with E-state index in [1.807, 2.05) is 13.8 Å². The number of rotatable bonds is 16. The van der Waals surface area contributed by atoms with E-state index in [-0.39, 0.29) is 23.9 Å². The molecule has 33 heavy (non-hydrogen) atoms. The fourth-order valence-corrected chi connectivity index (χ4v) is 5.26. The minimum Gasteiger partial charge on any atom is -0.463 e. The lowest BCUT2D eigenvalue weighted by molar-refractivity contribution is -0.171. The van der Waals surface area contributed by atoms with Crippen molar-refractivity contribution in [1.29, 1.82) is 0 Å². The Morgan fingerprint density at radius 1 is 1.00 bits per heavy atom. The topological polar surface area (TPSA) is 85.2 Å². The van der Waals surface area contributed by atoms with Crippen LogP contribution in [0.15, 0.2) is 12.2 Å². The van der Waals surface area contributed by atoms with Gasteiger partial charge < -0.3 is 24.4 Å². The Bertz CT molecular complexity index is 569. The second-order valence-corrected chi connectivity index (χ2v) is 10.1. The van der Waals surface area contributed by atoms with E-state index in [9.17, 15) is 15.0 Å². The second-order valence-electron chi connectivity index (χ2n) is 10.1. The minimum absolute atomic E-state index is 0.0464. The van der Waals surface area contributed by atoms with Gasteiger partial charge in [-0.2, -0.15) is 0 Å². The van der Waals surface area contributed by atoms with Crippen molar-refractivity contribution in [1.82, 2.24) is 0 Å². The van der Waals surface area contributed by atoms with E-state index >= 15 is 0 Å². The Kier molecular flexibility index (Phi) is 13.0. The zero-order valence-corrected chi connectivity index (χ0v) is 21.2. The van der Waals surface area contributed by atoms with Crippen molar-refractivity contribution < 1.29 is 29.2 Å². The van der Waals surface area contributed by atoms with Gasteiger partial charge in [0, 0.05) is 19.3 Å². The van der Waals surface area contributed by atoms with Crippen molar-refractivity contribution >= 4 is 5.97 Å². The van der Waals surface area contributed by atoms with E-state index in [4.69, 9.17) is 14.2 Å². The Labute approximate surface area is 201 Å². The van der Waals surface area contributed by atoms with Gasteiger partial charge in [0.25, 0.3) is 0 Å². The van der Waals surface area contributed by atoms with Gasteiger partial charge in [-0.05, 0) is 64.2 Å². The molecular formula is C27H48O6. The highest BCUT2D eigenvalue weighted by Crippen LogP contribution is 2.41. The monoisotopic (exact) mass is 468 g/mol. The molecule has 2 rings (SSSR count). The number of hydrogen-bond acceptors (Lipinski definition) is 6. The number of allylic oxidation sites excluding steroid dienone is 2. The Balaban J connectivity index is 1.78. The smallest absolute Gasteiger partial charge is 0.306 e. The molecule has 0 aromatic heterocycles. The van der Waals surface area contributed by atoms with Crippen molar-refractivity contribution in [2.24, 2.45) is 11.8 Å². The van der Waals surface area contributed by atoms with Crippen LogP contribution in [0.3, 0.4) is 0 Å². The van der Waals surface area contributed by atoms with Gasteiger partial charge >= 0.3 is 5.97 Å². The van der Waals surface area contributed by atoms with Crippen LogP contribution in [-0.2, 0) is 19.0 Å². The van der Waals surface area contributed by atoms with Gasteiger partial charge in [-0.1, -0.05) is 44.8 Å². The van der Waals surface area contributed by atoms with E-state index in [0.29, 0.717) is 26.1 Å². The van der Waals surface area contributed by atoms with Gasteiger partial charge in [0.1, 0.15) is 0 Å². The van der Waals surface area contributed by atoms with E-state index in [1.165, 1.54) is 25.7 Å². The average molecular weight is 469 g/mol. The summed E-state index contributed by atoms with van der Waals surface area (Å²) in [6.45, 7) is 7.22. The first-order valence-corrected chi connectivity index (χ1v) is 13.4. The van der Waals surface area contributed by atoms with Crippen LogP contribution in [0.2, 0.25) is 0 Å². The molecule has 6 heteroatoms. The molecule has 0 unspecified atom stereocenters. The molecule has 2 fully saturated rings. The summed E-state index contributed by atoms with van der Waals surface area (Å²) in [6, 6.07) is 0. The van der Waals surface area contributed by atoms with E-state index in [0.717, 1.165) is 44.9 Å². The molecule has 1 saturated carbocycles. The summed E-state index contributed by atoms with van der Waals surface area (Å²) in [6.07, 6.45) is 14.9. The third-order valence-corrected chi connectivity index (χ3v) is 7.05. The van der Waals surface area contributed by atoms with Crippen molar-refractivity contribution in [2.45, 2.75) is 128 Å². The highest BCUT2D eigenvalue weighted by molar-refractivity contribution is 5.69. The molecule has 4 atom stereocenters. The van der Waals surface area contributed by atoms with Crippen LogP contribution < -0.4 is 0 Å². The molecule has 0 bridgehead atoms. The molecule has 0 spiro atoms. The zero-order chi connectivity index (χ0) is 24.1. The summed E-state index contributed by atoms with van der Waals surface area (Å²) in [5.74, 6) is -0.561. The van der Waals surface area contributed by atoms with E-state index < -0.39 is 18.0 Å². The zero-order valence-electron chi connectivity index (χ0n) is 21.2. The quantitative estimate of drug-likeness (QED) is 0.182. The standard InChI is InChI=1S/C27H48O6/c1-4-5-6-9-12-16-27(31-18-19-32-27)17-15-23-22(24(28)20-25(23)29)13-10-7-8-11-14-26(30)33-21(2)3/h7,10,21-25,28-29H,4-6,8-9,11-20H2,1-3H3/b10-7-/t22-,23-,24+,25-/m0/s1. The van der Waals surface area contributed by atoms with Crippen molar-refractivity contribution in [3.8, 4) is 0 Å². The first-order chi connectivity index (χ1) is 15.9. The molecule has 2 N–H and O–H groups in total. The molecule has 0 aromatic carbocycles. The van der Waals surface area contributed by atoms with Crippen molar-refractivity contribution in [3.63, 3.8) is 0 Å². The summed E-state index contributed by atoms with van der Waals surface area (Å²) < 4.78 is 17.3. The van der Waals surface area contributed by atoms with Crippen LogP contribution in [0.4, 0.5) is 0 Å². The largest absolute Gasteiger partial charge is 0.463 e. The normalized spacial score (nSPS) is 27.1. The lowest BCUT2D eigenvalue weighted by Gasteiger charge is -2.31. The number of carbonyl (C=O) groups excluding carboxylic acids is 1. The van der Waals surface area contributed by atoms with Gasteiger partial charge in [0.05, 0.1) is 31.5 Å². The maximum atomic E-state index is 11.6. The van der Waals surface area contributed by atoms with E-state index in [2.05, 4.69) is 19.1 Å². The van der Waals surface area contributed by atoms with Crippen molar-refractivity contribution in [2.75, 3.05) is 13.2 Å². The fourth-order valence-electron chi connectivity index (χ4n) is 5.26. The Morgan fingerprint density at radius 2 is 1.70 bits per heavy atom. The highest BCUT2D eigenvalue weighted by Gasteiger charge is 2.43. The summed E-state index contributed by atoms with van der Waals surface area (Å²) in [4.78, 5) is 11.6. The maximum Gasteiger partial charge on any atom is 0.306 e. The third-order valence-electron chi connectivity index (χ3n) is 7.05. The SMILES string of the molecule is CCCCCCCC1(CC[C@H]2[C@H](C/C=C\CCCC(=O)OC(C)C)[C@H](O)C[C@@H]2O)OCCO1. The number of carbonyl (C=O) groups is 1. The summed E-state index contributed by atoms with van der Waals surface area (Å²) in [7, 11) is 0. The molecule has 6 nitrogen and oxygen atoms in total. The highest BCUT2D eigenvalue weighted by atomic mass is 16.7. The Hall–Kier alpha value is -0.950. The summed E-state index contributed by atoms with van der Waals surface area (Å²) in [5.41, 5.74) is 0. The number of hydrogen-bond donors (Lipinski definition) is 2. The number of esters is 1.